The first-order chi connectivity index (χ1) is 52.7. The zero-order chi connectivity index (χ0) is 78.9. The highest BCUT2D eigenvalue weighted by molar-refractivity contribution is 7.47. The number of hydrogen-bond acceptors (Lipinski definition) is 15. The zero-order valence-corrected chi connectivity index (χ0v) is 68.2. The van der Waals surface area contributed by atoms with Gasteiger partial charge in [-0.3, -0.25) is 37.3 Å². The lowest BCUT2D eigenvalue weighted by Crippen LogP contribution is -2.30. The molecule has 3 N–H and O–H groups in total. The largest absolute Gasteiger partial charge is 0.472 e. The fourth-order valence-electron chi connectivity index (χ4n) is 9.72. The molecule has 0 aromatic rings. The summed E-state index contributed by atoms with van der Waals surface area (Å²) in [6.07, 6.45) is 98.3. The lowest BCUT2D eigenvalue weighted by Gasteiger charge is -2.21. The SMILES string of the molecule is CC/C=C\C/C=C\C/C=C\C/C=C\C/C=C\C/C=C\CCC(=O)OCC(COP(=O)(O)OCC(O)COP(=O)(O)OCC(COC(=O)CCC/C=C\C/C=C\C/C=C\C/C=C\C/C=C\CC)OC(=O)CCCCCCC/C=C\C/C=C\CCC)OC(=O)CCCCCCCC/C=C\C/C=C\C/C=C\C/C=C\CC. The van der Waals surface area contributed by atoms with Crippen molar-refractivity contribution in [2.45, 2.75) is 290 Å². The molecule has 19 heteroatoms. The highest BCUT2D eigenvalue weighted by Crippen LogP contribution is 2.45. The lowest BCUT2D eigenvalue weighted by molar-refractivity contribution is -0.161. The van der Waals surface area contributed by atoms with Gasteiger partial charge in [0.2, 0.25) is 0 Å². The summed E-state index contributed by atoms with van der Waals surface area (Å²) in [6.45, 7) is 4.25. The summed E-state index contributed by atoms with van der Waals surface area (Å²) in [6, 6.07) is 0. The Morgan fingerprint density at radius 2 is 0.509 bits per heavy atom. The van der Waals surface area contributed by atoms with Crippen LogP contribution in [0.4, 0.5) is 0 Å². The summed E-state index contributed by atoms with van der Waals surface area (Å²) < 4.78 is 68.5. The first kappa shape index (κ1) is 102. The summed E-state index contributed by atoms with van der Waals surface area (Å²) >= 11 is 0. The van der Waals surface area contributed by atoms with Crippen LogP contribution in [-0.2, 0) is 65.4 Å². The maximum absolute atomic E-state index is 13.1. The van der Waals surface area contributed by atoms with Crippen molar-refractivity contribution >= 4 is 39.5 Å². The van der Waals surface area contributed by atoms with E-state index in [-0.39, 0.29) is 25.7 Å². The summed E-state index contributed by atoms with van der Waals surface area (Å²) in [5.74, 6) is -2.40. The molecular formula is C89H140O17P2. The van der Waals surface area contributed by atoms with Gasteiger partial charge in [-0.1, -0.05) is 286 Å². The number of esters is 4. The molecule has 0 saturated carbocycles. The molecule has 0 aliphatic heterocycles. The van der Waals surface area contributed by atoms with Gasteiger partial charge in [-0.25, -0.2) is 9.13 Å². The molecule has 0 spiro atoms. The normalized spacial score (nSPS) is 14.9. The molecule has 0 saturated heterocycles. The van der Waals surface area contributed by atoms with Gasteiger partial charge in [0.1, 0.15) is 19.3 Å². The molecule has 0 aliphatic carbocycles. The number of allylic oxidation sites excluding steroid dienone is 34. The van der Waals surface area contributed by atoms with Gasteiger partial charge in [0.25, 0.3) is 0 Å². The van der Waals surface area contributed by atoms with Crippen LogP contribution in [-0.4, -0.2) is 96.7 Å². The zero-order valence-electron chi connectivity index (χ0n) is 66.4. The Bertz CT molecular complexity index is 2860. The average molecular weight is 1540 g/mol. The minimum atomic E-state index is -5.02. The highest BCUT2D eigenvalue weighted by Gasteiger charge is 2.30. The van der Waals surface area contributed by atoms with E-state index in [1.54, 1.807) is 0 Å². The van der Waals surface area contributed by atoms with E-state index in [9.17, 15) is 43.2 Å². The van der Waals surface area contributed by atoms with Gasteiger partial charge in [0, 0.05) is 25.7 Å². The molecule has 0 amide bonds. The monoisotopic (exact) mass is 1540 g/mol. The van der Waals surface area contributed by atoms with Crippen LogP contribution in [0.3, 0.4) is 0 Å². The second-order valence-corrected chi connectivity index (χ2v) is 28.8. The quantitative estimate of drug-likeness (QED) is 0.0169. The summed E-state index contributed by atoms with van der Waals surface area (Å²) in [4.78, 5) is 73.0. The van der Waals surface area contributed by atoms with Gasteiger partial charge in [-0.05, 0) is 167 Å². The van der Waals surface area contributed by atoms with Crippen molar-refractivity contribution in [1.29, 1.82) is 0 Å². The molecule has 5 atom stereocenters. The van der Waals surface area contributed by atoms with Crippen molar-refractivity contribution in [2.75, 3.05) is 39.6 Å². The molecule has 608 valence electrons. The smallest absolute Gasteiger partial charge is 0.462 e. The van der Waals surface area contributed by atoms with Gasteiger partial charge in [0.05, 0.1) is 26.4 Å². The predicted octanol–water partition coefficient (Wildman–Crippen LogP) is 23.9. The molecule has 0 aromatic carbocycles. The van der Waals surface area contributed by atoms with Crippen LogP contribution in [0.25, 0.3) is 0 Å². The molecule has 0 rings (SSSR count). The van der Waals surface area contributed by atoms with E-state index in [2.05, 4.69) is 204 Å². The molecule has 108 heavy (non-hydrogen) atoms. The topological polar surface area (TPSA) is 237 Å². The minimum Gasteiger partial charge on any atom is -0.462 e. The van der Waals surface area contributed by atoms with Gasteiger partial charge in [0.15, 0.2) is 12.2 Å². The van der Waals surface area contributed by atoms with Gasteiger partial charge < -0.3 is 33.8 Å². The van der Waals surface area contributed by atoms with E-state index in [0.29, 0.717) is 38.5 Å². The van der Waals surface area contributed by atoms with Crippen molar-refractivity contribution in [3.63, 3.8) is 0 Å². The van der Waals surface area contributed by atoms with Crippen LogP contribution < -0.4 is 0 Å². The second kappa shape index (κ2) is 78.8. The average Bonchev–Trinajstić information content (AvgIpc) is 0.892. The summed E-state index contributed by atoms with van der Waals surface area (Å²) in [7, 11) is -10.0. The van der Waals surface area contributed by atoms with Crippen molar-refractivity contribution in [3.05, 3.63) is 207 Å². The third kappa shape index (κ3) is 77.8. The second-order valence-electron chi connectivity index (χ2n) is 25.9. The van der Waals surface area contributed by atoms with Gasteiger partial charge in [-0.2, -0.15) is 0 Å². The van der Waals surface area contributed by atoms with Crippen LogP contribution >= 0.6 is 15.6 Å². The minimum absolute atomic E-state index is 0.0228. The van der Waals surface area contributed by atoms with Crippen LogP contribution in [0.15, 0.2) is 207 Å². The number of rotatable bonds is 73. The van der Waals surface area contributed by atoms with Crippen LogP contribution in [0.2, 0.25) is 0 Å². The Morgan fingerprint density at radius 3 is 0.824 bits per heavy atom. The number of aliphatic hydroxyl groups excluding tert-OH is 1. The maximum atomic E-state index is 13.1. The fraction of sp³-hybridized carbons (Fsp3) is 0.573. The van der Waals surface area contributed by atoms with E-state index in [0.717, 1.165) is 180 Å². The molecule has 0 radical (unpaired) electrons. The van der Waals surface area contributed by atoms with Crippen molar-refractivity contribution < 1.29 is 80.2 Å². The Balaban J connectivity index is 5.52. The van der Waals surface area contributed by atoms with Gasteiger partial charge in [-0.15, -0.1) is 0 Å². The number of hydrogen-bond donors (Lipinski definition) is 3. The highest BCUT2D eigenvalue weighted by atomic mass is 31.2. The Hall–Kier alpha value is -6.36. The number of unbranched alkanes of at least 4 members (excludes halogenated alkanes) is 13. The number of carbonyl (C=O) groups excluding carboxylic acids is 4. The number of ether oxygens (including phenoxy) is 4. The maximum Gasteiger partial charge on any atom is 0.472 e. The number of aliphatic hydroxyl groups is 1. The van der Waals surface area contributed by atoms with Crippen LogP contribution in [0.1, 0.15) is 272 Å². The third-order valence-electron chi connectivity index (χ3n) is 15.7. The standard InChI is InChI=1S/C89H140O17P2/c1-5-9-13-17-21-25-29-33-36-39-41-44-47-51-54-58-62-66-70-74-87(92)100-80-85(106-89(94)76-72-68-64-60-56-52-48-45-42-40-37-34-30-26-22-18-14-10-6-2)82-104-108(97,98)102-78-83(90)77-101-107(95,96)103-81-84(105-88(93)75-71-67-63-59-55-49-32-28-24-20-16-12-8-4)79-99-86(91)73-69-65-61-57-53-50-46-43-38-35-31-27-23-19-15-11-7-3/h9-11,13-16,20-23,25-28,32-38,41-42,44-46,50-51,54,57,61-62,66,83-85,90H,5-8,12,17-19,24,29-31,39-40,43,47-49,52-53,55-56,58-60,63-65,67-82H2,1-4H3,(H,95,96)(H,97,98)/b13-9-,14-10-,15-11-,20-16-,25-21-,26-22-,27-23-,32-28-,36-33-,37-34-,38-35-,44-41-,45-42-,50-46-,54-51-,61-57-,66-62-. The summed E-state index contributed by atoms with van der Waals surface area (Å²) in [5.41, 5.74) is 0. The first-order valence-electron chi connectivity index (χ1n) is 40.3. The molecular weight excluding hydrogens is 1400 g/mol. The molecule has 0 aromatic heterocycles. The Morgan fingerprint density at radius 1 is 0.269 bits per heavy atom. The molecule has 17 nitrogen and oxygen atoms in total. The number of carbonyl (C=O) groups is 4. The fourth-order valence-corrected chi connectivity index (χ4v) is 11.3. The van der Waals surface area contributed by atoms with Crippen molar-refractivity contribution in [1.82, 2.24) is 0 Å². The predicted molar refractivity (Wildman–Crippen MR) is 445 cm³/mol. The van der Waals surface area contributed by atoms with E-state index in [1.807, 2.05) is 30.4 Å². The Kier molecular flexibility index (Phi) is 74.1. The van der Waals surface area contributed by atoms with Crippen molar-refractivity contribution in [2.24, 2.45) is 0 Å². The van der Waals surface area contributed by atoms with Crippen LogP contribution in [0.5, 0.6) is 0 Å². The lowest BCUT2D eigenvalue weighted by atomic mass is 10.1. The number of phosphoric ester groups is 2. The molecule has 5 unspecified atom stereocenters. The van der Waals surface area contributed by atoms with Gasteiger partial charge >= 0.3 is 39.5 Å². The molecule has 0 fully saturated rings. The molecule has 0 bridgehead atoms. The van der Waals surface area contributed by atoms with E-state index in [4.69, 9.17) is 37.0 Å². The summed E-state index contributed by atoms with van der Waals surface area (Å²) in [5, 5.41) is 10.6. The van der Waals surface area contributed by atoms with E-state index in [1.165, 1.54) is 0 Å². The third-order valence-corrected chi connectivity index (χ3v) is 17.6. The molecule has 0 heterocycles. The van der Waals surface area contributed by atoms with Crippen LogP contribution in [0, 0.1) is 0 Å². The van der Waals surface area contributed by atoms with Crippen molar-refractivity contribution in [3.8, 4) is 0 Å². The van der Waals surface area contributed by atoms with E-state index >= 15 is 0 Å². The molecule has 0 aliphatic rings. The Labute approximate surface area is 652 Å². The number of phosphoric acid groups is 2. The van der Waals surface area contributed by atoms with E-state index < -0.39 is 97.5 Å². The first-order valence-corrected chi connectivity index (χ1v) is 43.3.